The van der Waals surface area contributed by atoms with Gasteiger partial charge in [-0.2, -0.15) is 0 Å². The molecule has 20 heavy (non-hydrogen) atoms. The predicted molar refractivity (Wildman–Crippen MR) is 79.4 cm³/mol. The number of benzene rings is 1. The van der Waals surface area contributed by atoms with Crippen molar-refractivity contribution in [1.29, 1.82) is 0 Å². The van der Waals surface area contributed by atoms with Crippen LogP contribution in [0.15, 0.2) is 30.3 Å². The number of nitrogens with zero attached hydrogens (tertiary/aromatic N) is 2. The fraction of sp³-hybridized carbons (Fsp3) is 0.562. The summed E-state index contributed by atoms with van der Waals surface area (Å²) in [7, 11) is 2.14. The average Bonchev–Trinajstić information content (AvgIpc) is 3.26. The standard InChI is InChI=1S/C16H23N3O/c1-18-9-11-19(12-10-18)15(13-5-3-2-4-6-13)16(20)17-14-7-8-14/h2-6,14-15H,7-12H2,1H3,(H,17,20). The van der Waals surface area contributed by atoms with Gasteiger partial charge in [-0.25, -0.2) is 0 Å². The van der Waals surface area contributed by atoms with E-state index < -0.39 is 0 Å². The van der Waals surface area contributed by atoms with Gasteiger partial charge in [0.05, 0.1) is 0 Å². The molecule has 2 fully saturated rings. The summed E-state index contributed by atoms with van der Waals surface area (Å²) >= 11 is 0. The summed E-state index contributed by atoms with van der Waals surface area (Å²) in [6.45, 7) is 3.96. The van der Waals surface area contributed by atoms with Crippen molar-refractivity contribution in [2.24, 2.45) is 0 Å². The second-order valence-electron chi connectivity index (χ2n) is 5.94. The second-order valence-corrected chi connectivity index (χ2v) is 5.94. The van der Waals surface area contributed by atoms with Crippen molar-refractivity contribution in [2.75, 3.05) is 33.2 Å². The van der Waals surface area contributed by atoms with Crippen molar-refractivity contribution in [2.45, 2.75) is 24.9 Å². The fourth-order valence-electron chi connectivity index (χ4n) is 2.75. The van der Waals surface area contributed by atoms with Crippen LogP contribution >= 0.6 is 0 Å². The van der Waals surface area contributed by atoms with E-state index in [2.05, 4.69) is 34.3 Å². The number of carbonyl (C=O) groups excluding carboxylic acids is 1. The van der Waals surface area contributed by atoms with E-state index in [9.17, 15) is 4.79 Å². The zero-order chi connectivity index (χ0) is 13.9. The van der Waals surface area contributed by atoms with E-state index in [-0.39, 0.29) is 11.9 Å². The van der Waals surface area contributed by atoms with Gasteiger partial charge in [0.25, 0.3) is 0 Å². The van der Waals surface area contributed by atoms with Gasteiger partial charge in [0.15, 0.2) is 0 Å². The van der Waals surface area contributed by atoms with Crippen LogP contribution in [0.25, 0.3) is 0 Å². The van der Waals surface area contributed by atoms with Crippen LogP contribution in [0.1, 0.15) is 24.4 Å². The molecule has 1 saturated heterocycles. The van der Waals surface area contributed by atoms with Gasteiger partial charge in [-0.05, 0) is 25.5 Å². The number of hydrogen-bond acceptors (Lipinski definition) is 3. The molecule has 0 aromatic heterocycles. The van der Waals surface area contributed by atoms with E-state index in [1.807, 2.05) is 18.2 Å². The maximum Gasteiger partial charge on any atom is 0.242 e. The lowest BCUT2D eigenvalue weighted by Gasteiger charge is -2.37. The molecule has 2 aliphatic rings. The van der Waals surface area contributed by atoms with E-state index in [4.69, 9.17) is 0 Å². The molecule has 4 heteroatoms. The van der Waals surface area contributed by atoms with Gasteiger partial charge in [-0.15, -0.1) is 0 Å². The Bertz CT molecular complexity index is 450. The molecular formula is C16H23N3O. The minimum absolute atomic E-state index is 0.134. The zero-order valence-corrected chi connectivity index (χ0v) is 12.1. The van der Waals surface area contributed by atoms with Gasteiger partial charge in [-0.1, -0.05) is 30.3 Å². The molecule has 1 aromatic carbocycles. The number of nitrogens with one attached hydrogen (secondary N) is 1. The van der Waals surface area contributed by atoms with Crippen LogP contribution in [0.4, 0.5) is 0 Å². The molecule has 1 amide bonds. The highest BCUT2D eigenvalue weighted by molar-refractivity contribution is 5.83. The lowest BCUT2D eigenvalue weighted by Crippen LogP contribution is -2.50. The summed E-state index contributed by atoms with van der Waals surface area (Å²) in [5.41, 5.74) is 1.11. The Morgan fingerprint density at radius 3 is 2.40 bits per heavy atom. The van der Waals surface area contributed by atoms with E-state index in [1.165, 1.54) is 0 Å². The Morgan fingerprint density at radius 1 is 1.15 bits per heavy atom. The summed E-state index contributed by atoms with van der Waals surface area (Å²) in [5, 5.41) is 3.17. The van der Waals surface area contributed by atoms with Crippen molar-refractivity contribution in [3.63, 3.8) is 0 Å². The molecule has 108 valence electrons. The lowest BCUT2D eigenvalue weighted by atomic mass is 10.0. The Kier molecular flexibility index (Phi) is 4.03. The lowest BCUT2D eigenvalue weighted by molar-refractivity contribution is -0.127. The number of carbonyl (C=O) groups is 1. The van der Waals surface area contributed by atoms with Crippen molar-refractivity contribution < 1.29 is 4.79 Å². The highest BCUT2D eigenvalue weighted by Crippen LogP contribution is 2.25. The molecule has 1 aromatic rings. The molecule has 1 N–H and O–H groups in total. The zero-order valence-electron chi connectivity index (χ0n) is 12.1. The second kappa shape index (κ2) is 5.94. The predicted octanol–water partition coefficient (Wildman–Crippen LogP) is 1.25. The molecule has 0 spiro atoms. The van der Waals surface area contributed by atoms with Crippen LogP contribution in [0.3, 0.4) is 0 Å². The molecule has 0 bridgehead atoms. The number of piperazine rings is 1. The first-order valence-electron chi connectivity index (χ1n) is 7.52. The number of likely N-dealkylation sites (N-methyl/N-ethyl adjacent to an activating group) is 1. The number of hydrogen-bond donors (Lipinski definition) is 1. The van der Waals surface area contributed by atoms with Gasteiger partial charge in [0.2, 0.25) is 5.91 Å². The summed E-state index contributed by atoms with van der Waals surface area (Å²) in [5.74, 6) is 0.170. The van der Waals surface area contributed by atoms with E-state index in [1.54, 1.807) is 0 Å². The van der Waals surface area contributed by atoms with Crippen molar-refractivity contribution in [1.82, 2.24) is 15.1 Å². The highest BCUT2D eigenvalue weighted by Gasteiger charge is 2.33. The molecule has 1 unspecified atom stereocenters. The first-order chi connectivity index (χ1) is 9.74. The molecule has 4 nitrogen and oxygen atoms in total. The Balaban J connectivity index is 1.77. The quantitative estimate of drug-likeness (QED) is 0.897. The largest absolute Gasteiger partial charge is 0.352 e. The van der Waals surface area contributed by atoms with Crippen molar-refractivity contribution in [3.05, 3.63) is 35.9 Å². The number of amides is 1. The molecular weight excluding hydrogens is 250 g/mol. The topological polar surface area (TPSA) is 35.6 Å². The minimum atomic E-state index is -0.134. The summed E-state index contributed by atoms with van der Waals surface area (Å²) < 4.78 is 0. The smallest absolute Gasteiger partial charge is 0.242 e. The van der Waals surface area contributed by atoms with Crippen LogP contribution in [-0.2, 0) is 4.79 Å². The highest BCUT2D eigenvalue weighted by atomic mass is 16.2. The summed E-state index contributed by atoms with van der Waals surface area (Å²) in [4.78, 5) is 17.2. The SMILES string of the molecule is CN1CCN(C(C(=O)NC2CC2)c2ccccc2)CC1. The monoisotopic (exact) mass is 273 g/mol. The van der Waals surface area contributed by atoms with Gasteiger partial charge in [-0.3, -0.25) is 9.69 Å². The maximum absolute atomic E-state index is 12.6. The molecule has 1 aliphatic carbocycles. The first kappa shape index (κ1) is 13.6. The fourth-order valence-corrected chi connectivity index (χ4v) is 2.75. The first-order valence-corrected chi connectivity index (χ1v) is 7.52. The van der Waals surface area contributed by atoms with E-state index in [0.29, 0.717) is 6.04 Å². The molecule has 3 rings (SSSR count). The van der Waals surface area contributed by atoms with Gasteiger partial charge in [0.1, 0.15) is 6.04 Å². The molecule has 1 atom stereocenters. The van der Waals surface area contributed by atoms with Crippen LogP contribution < -0.4 is 5.32 Å². The Hall–Kier alpha value is -1.39. The average molecular weight is 273 g/mol. The van der Waals surface area contributed by atoms with Crippen LogP contribution in [-0.4, -0.2) is 55.0 Å². The van der Waals surface area contributed by atoms with Crippen molar-refractivity contribution in [3.8, 4) is 0 Å². The van der Waals surface area contributed by atoms with E-state index >= 15 is 0 Å². The normalized spacial score (nSPS) is 22.4. The third-order valence-electron chi connectivity index (χ3n) is 4.19. The Labute approximate surface area is 120 Å². The molecule has 1 saturated carbocycles. The maximum atomic E-state index is 12.6. The number of rotatable bonds is 4. The third kappa shape index (κ3) is 3.19. The summed E-state index contributed by atoms with van der Waals surface area (Å²) in [6, 6.07) is 10.5. The molecule has 1 aliphatic heterocycles. The van der Waals surface area contributed by atoms with Gasteiger partial charge >= 0.3 is 0 Å². The Morgan fingerprint density at radius 2 is 1.80 bits per heavy atom. The van der Waals surface area contributed by atoms with Crippen LogP contribution in [0.5, 0.6) is 0 Å². The summed E-state index contributed by atoms with van der Waals surface area (Å²) in [6.07, 6.45) is 2.27. The molecule has 1 heterocycles. The van der Waals surface area contributed by atoms with Crippen LogP contribution in [0, 0.1) is 0 Å². The van der Waals surface area contributed by atoms with Gasteiger partial charge < -0.3 is 10.2 Å². The van der Waals surface area contributed by atoms with Crippen LogP contribution in [0.2, 0.25) is 0 Å². The molecule has 0 radical (unpaired) electrons. The van der Waals surface area contributed by atoms with E-state index in [0.717, 1.165) is 44.6 Å². The third-order valence-corrected chi connectivity index (χ3v) is 4.19. The van der Waals surface area contributed by atoms with Crippen molar-refractivity contribution >= 4 is 5.91 Å². The minimum Gasteiger partial charge on any atom is -0.352 e. The van der Waals surface area contributed by atoms with Gasteiger partial charge in [0, 0.05) is 32.2 Å².